The number of nitrogens with zero attached hydrogens (tertiary/aromatic N) is 7. The molecule has 0 bridgehead atoms. The van der Waals surface area contributed by atoms with Crippen molar-refractivity contribution >= 4 is 81.4 Å². The van der Waals surface area contributed by atoms with Gasteiger partial charge in [0.2, 0.25) is 18.1 Å². The summed E-state index contributed by atoms with van der Waals surface area (Å²) in [6.45, 7) is -2.22. The molecule has 4 aromatic rings. The predicted molar refractivity (Wildman–Crippen MR) is 235 cm³/mol. The highest BCUT2D eigenvalue weighted by Crippen LogP contribution is 2.68. The Morgan fingerprint density at radius 2 is 1.61 bits per heavy atom. The third kappa shape index (κ3) is 11.9. The first-order chi connectivity index (χ1) is 31.5. The van der Waals surface area contributed by atoms with Crippen LogP contribution in [0.5, 0.6) is 5.88 Å². The molecule has 8 heterocycles. The average Bonchev–Trinajstić information content (AvgIpc) is 4.07. The molecule has 4 fully saturated rings. The van der Waals surface area contributed by atoms with Crippen molar-refractivity contribution in [2.45, 2.75) is 92.0 Å². The molecule has 392 valence electrons. The molecule has 0 aliphatic carbocycles. The normalized spacial score (nSPS) is 29.7. The summed E-state index contributed by atoms with van der Waals surface area (Å²) in [5, 5.41) is 53.9. The van der Waals surface area contributed by atoms with E-state index in [1.165, 1.54) is 22.5 Å². The highest BCUT2D eigenvalue weighted by Gasteiger charge is 2.51. The van der Waals surface area contributed by atoms with Gasteiger partial charge in [0.25, 0.3) is 11.5 Å². The van der Waals surface area contributed by atoms with Crippen molar-refractivity contribution < 1.29 is 90.1 Å². The Balaban J connectivity index is 0.00000304. The molecular formula is C31H53N16O19P3S. The number of aliphatic hydroxyl groups is 3. The number of aliphatic hydroxyl groups excluding tert-OH is 3. The highest BCUT2D eigenvalue weighted by atomic mass is 32.2. The number of nitrogens with two attached hydrogens (primary N) is 2. The van der Waals surface area contributed by atoms with Gasteiger partial charge in [-0.25, -0.2) is 33.0 Å². The van der Waals surface area contributed by atoms with Crippen LogP contribution in [0.25, 0.3) is 22.3 Å². The number of rotatable bonds is 18. The lowest BCUT2D eigenvalue weighted by Gasteiger charge is -2.21. The minimum absolute atomic E-state index is 0. The second kappa shape index (κ2) is 21.7. The number of thioether (sulfide) groups is 1. The summed E-state index contributed by atoms with van der Waals surface area (Å²) in [6, 6.07) is -1.59. The van der Waals surface area contributed by atoms with Gasteiger partial charge in [0.1, 0.15) is 36.6 Å². The minimum atomic E-state index is -6.08. The van der Waals surface area contributed by atoms with Crippen LogP contribution in [0.4, 0.5) is 16.7 Å². The van der Waals surface area contributed by atoms with Gasteiger partial charge in [-0.15, -0.1) is 0 Å². The zero-order valence-corrected chi connectivity index (χ0v) is 40.1. The van der Waals surface area contributed by atoms with E-state index in [-0.39, 0.29) is 76.5 Å². The van der Waals surface area contributed by atoms with Crippen molar-refractivity contribution in [3.8, 4) is 5.88 Å². The first-order valence-corrected chi connectivity index (χ1v) is 25.5. The molecule has 35 nitrogen and oxygen atoms in total. The Labute approximate surface area is 397 Å². The SMILES string of the molecule is Cn1c[n+]([C@@H]2O[C@H](COP(=O)(O)OP(=O)(O)OP(=O)(O)OC[C@H]3O[C@@H](n4cnc5c(=O)[nH]c(N)nc54)[C@H](O)[C@@H]3O)[C@@H](O)[C@H]2NC(=O)CCCC[C@@H]2SC[C@@H]3NC(=O)N[C@@H]32)c2nc(N)nc([O-])c21.N.N.N. The van der Waals surface area contributed by atoms with Crippen LogP contribution in [0.15, 0.2) is 17.4 Å². The van der Waals surface area contributed by atoms with Crippen molar-refractivity contribution in [3.63, 3.8) is 0 Å². The monoisotopic (exact) mass is 1080 g/mol. The lowest BCUT2D eigenvalue weighted by Crippen LogP contribution is -2.53. The van der Waals surface area contributed by atoms with Gasteiger partial charge >= 0.3 is 35.1 Å². The molecule has 23 N–H and O–H groups in total. The fraction of sp³-hybridized carbons (Fsp3) is 0.613. The van der Waals surface area contributed by atoms with E-state index in [1.54, 1.807) is 11.8 Å². The van der Waals surface area contributed by atoms with Crippen molar-refractivity contribution in [2.24, 2.45) is 7.05 Å². The molecule has 4 saturated heterocycles. The number of imidazole rings is 2. The number of hydrogen-bond acceptors (Lipinski definition) is 26. The molecule has 3 amide bonds. The number of unbranched alkanes of at least 4 members (excludes halogenated alkanes) is 1. The number of carbonyl (C=O) groups excluding carboxylic acids is 2. The van der Waals surface area contributed by atoms with Crippen LogP contribution in [0, 0.1) is 0 Å². The van der Waals surface area contributed by atoms with E-state index in [4.69, 9.17) is 25.5 Å². The first-order valence-electron chi connectivity index (χ1n) is 20.0. The lowest BCUT2D eigenvalue weighted by atomic mass is 10.0. The lowest BCUT2D eigenvalue weighted by molar-refractivity contribution is -0.741. The van der Waals surface area contributed by atoms with Gasteiger partial charge in [0, 0.05) is 23.3 Å². The van der Waals surface area contributed by atoms with Gasteiger partial charge in [0.15, 0.2) is 29.2 Å². The van der Waals surface area contributed by atoms with Crippen LogP contribution in [0.1, 0.15) is 38.1 Å². The Morgan fingerprint density at radius 3 is 2.29 bits per heavy atom. The van der Waals surface area contributed by atoms with Crippen LogP contribution >= 0.6 is 35.2 Å². The van der Waals surface area contributed by atoms with Crippen LogP contribution in [0.3, 0.4) is 0 Å². The Hall–Kier alpha value is -4.52. The summed E-state index contributed by atoms with van der Waals surface area (Å²) >= 11 is 1.71. The number of phosphoric acid groups is 3. The quantitative estimate of drug-likeness (QED) is 0.0200. The van der Waals surface area contributed by atoms with Gasteiger partial charge in [-0.2, -0.15) is 25.4 Å². The van der Waals surface area contributed by atoms with Crippen molar-refractivity contribution in [1.29, 1.82) is 0 Å². The summed E-state index contributed by atoms with van der Waals surface area (Å²) in [5.74, 6) is -1.29. The van der Waals surface area contributed by atoms with Crippen molar-refractivity contribution in [2.75, 3.05) is 30.4 Å². The number of aromatic nitrogens is 8. The number of ether oxygens (including phenoxy) is 2. The summed E-state index contributed by atoms with van der Waals surface area (Å²) in [5.41, 5.74) is 10.1. The van der Waals surface area contributed by atoms with E-state index in [9.17, 15) is 63.2 Å². The Morgan fingerprint density at radius 1 is 0.957 bits per heavy atom. The van der Waals surface area contributed by atoms with Crippen molar-refractivity contribution in [3.05, 3.63) is 23.0 Å². The molecule has 14 atom stereocenters. The number of urea groups is 1. The molecule has 4 aliphatic rings. The Bertz CT molecular complexity index is 2770. The van der Waals surface area contributed by atoms with E-state index in [0.717, 1.165) is 16.6 Å². The van der Waals surface area contributed by atoms with Crippen molar-refractivity contribution in [1.82, 2.24) is 68.5 Å². The van der Waals surface area contributed by atoms with E-state index in [1.807, 2.05) is 0 Å². The topological polar surface area (TPSA) is 576 Å². The zero-order valence-electron chi connectivity index (χ0n) is 36.6. The molecule has 4 aliphatic heterocycles. The number of hydrogen-bond donors (Lipinski definition) is 15. The van der Waals surface area contributed by atoms with Crippen LogP contribution < -0.4 is 61.1 Å². The van der Waals surface area contributed by atoms with Gasteiger partial charge in [-0.1, -0.05) is 11.4 Å². The van der Waals surface area contributed by atoms with Crippen LogP contribution in [-0.2, 0) is 52.7 Å². The summed E-state index contributed by atoms with van der Waals surface area (Å²) in [4.78, 5) is 85.8. The second-order valence-electron chi connectivity index (χ2n) is 15.7. The average molecular weight is 1080 g/mol. The number of H-pyrrole nitrogens is 1. The van der Waals surface area contributed by atoms with Gasteiger partial charge < -0.3 is 90.4 Å². The summed E-state index contributed by atoms with van der Waals surface area (Å²) < 4.78 is 71.3. The highest BCUT2D eigenvalue weighted by molar-refractivity contribution is 8.00. The smallest absolute Gasteiger partial charge is 0.490 e. The molecule has 70 heavy (non-hydrogen) atoms. The number of carbonyl (C=O) groups is 2. The number of nitrogens with one attached hydrogen (secondary N) is 4. The van der Waals surface area contributed by atoms with Crippen LogP contribution in [-0.4, -0.2) is 149 Å². The molecule has 4 aromatic heterocycles. The predicted octanol–water partition coefficient (Wildman–Crippen LogP) is -3.43. The number of aromatic amines is 1. The van der Waals surface area contributed by atoms with E-state index >= 15 is 0 Å². The molecule has 0 aromatic carbocycles. The number of amides is 3. The maximum absolute atomic E-state index is 13.3. The summed E-state index contributed by atoms with van der Waals surface area (Å²) in [7, 11) is -16.2. The van der Waals surface area contributed by atoms with Gasteiger partial charge in [0.05, 0.1) is 38.7 Å². The number of fused-ring (bicyclic) bond motifs is 3. The number of phosphoric ester groups is 2. The molecule has 0 saturated carbocycles. The number of anilines is 2. The van der Waals surface area contributed by atoms with Gasteiger partial charge in [-0.3, -0.25) is 32.8 Å². The van der Waals surface area contributed by atoms with Crippen LogP contribution in [0.2, 0.25) is 0 Å². The Kier molecular flexibility index (Phi) is 17.5. The van der Waals surface area contributed by atoms with E-state index < -0.39 is 109 Å². The summed E-state index contributed by atoms with van der Waals surface area (Å²) in [6.07, 6.45) is -7.51. The second-order valence-corrected chi connectivity index (χ2v) is 21.6. The van der Waals surface area contributed by atoms with E-state index in [2.05, 4.69) is 54.0 Å². The fourth-order valence-corrected chi connectivity index (χ4v) is 13.2. The molecule has 8 rings (SSSR count). The molecular weight excluding hydrogens is 1030 g/mol. The molecule has 39 heteroatoms. The maximum atomic E-state index is 13.3. The zero-order chi connectivity index (χ0) is 48.3. The molecule has 0 spiro atoms. The number of nitrogen functional groups attached to an aromatic ring is 2. The van der Waals surface area contributed by atoms with Gasteiger partial charge in [-0.05, 0) is 12.8 Å². The third-order valence-corrected chi connectivity index (χ3v) is 16.8. The standard InChI is InChI=1S/C31H44N13O19P3S.3H3N/c1-42-10-44(24-19(42)26(50)41-30(33)39-24)27-17(36-15(45)5-3-2-4-14-16-11(8-67-14)35-31(51)37-16)20(46)12(60-27)6-58-64(52,53)62-66(56,57)63-65(54,55)59-7-13-21(47)22(48)28(61-13)43-9-34-18-23(43)38-29(32)40-25(18)49;;;/h9-14,16-17,20-22,27-28,46-48H,2-8H2,1H3,(H11-,32,33,35,36,37,38,39,40,41,45,49,50,51,52,53,54,55,56,57);3*1H3/t11-,12+,13+,14-,16-,17+,20+,21+,22+,27+,28+;;;/m0.../s1. The number of aryl methyl sites for hydroxylation is 1. The molecule has 3 unspecified atom stereocenters. The first kappa shape index (κ1) is 56.4. The fourth-order valence-electron chi connectivity index (χ4n) is 8.11. The third-order valence-electron chi connectivity index (χ3n) is 11.1. The van der Waals surface area contributed by atoms with E-state index in [0.29, 0.717) is 19.3 Å². The minimum Gasteiger partial charge on any atom is -0.856 e. The largest absolute Gasteiger partial charge is 0.856 e. The molecule has 0 radical (unpaired) electrons. The maximum Gasteiger partial charge on any atom is 0.490 e.